The van der Waals surface area contributed by atoms with Crippen molar-refractivity contribution in [3.05, 3.63) is 32.8 Å². The minimum atomic E-state index is -3.85. The summed E-state index contributed by atoms with van der Waals surface area (Å²) in [5.74, 6) is 0. The number of benzene rings is 1. The molecule has 0 atom stereocenters. The molecule has 1 aromatic rings. The molecule has 116 valence electrons. The molecule has 0 aromatic heterocycles. The predicted molar refractivity (Wildman–Crippen MR) is 78.8 cm³/mol. The lowest BCUT2D eigenvalue weighted by Gasteiger charge is -2.29. The molecule has 1 heterocycles. The van der Waals surface area contributed by atoms with Crippen LogP contribution in [0.2, 0.25) is 5.02 Å². The van der Waals surface area contributed by atoms with Crippen LogP contribution in [0.3, 0.4) is 0 Å². The molecule has 0 spiro atoms. The summed E-state index contributed by atoms with van der Waals surface area (Å²) in [5.41, 5.74) is 5.83. The molecule has 7 nitrogen and oxygen atoms in total. The molecule has 1 aromatic carbocycles. The van der Waals surface area contributed by atoms with Crippen molar-refractivity contribution in [2.24, 2.45) is 5.73 Å². The average molecular weight is 334 g/mol. The first kappa shape index (κ1) is 16.2. The van der Waals surface area contributed by atoms with Crippen LogP contribution < -0.4 is 5.73 Å². The van der Waals surface area contributed by atoms with Gasteiger partial charge in [0.25, 0.3) is 5.69 Å². The van der Waals surface area contributed by atoms with E-state index in [1.54, 1.807) is 6.92 Å². The van der Waals surface area contributed by atoms with E-state index in [2.05, 4.69) is 0 Å². The summed E-state index contributed by atoms with van der Waals surface area (Å²) in [6.07, 6.45) is 1.12. The fraction of sp³-hybridized carbons (Fsp3) is 0.500. The third-order valence-electron chi connectivity index (χ3n) is 3.48. The standard InChI is InChI=1S/C12H16ClN3O4S/c1-8-6-10(16(17)18)12(13)11(7-8)21(19,20)15-4-2-9(14)3-5-15/h6-7,9H,2-5,14H2,1H3. The van der Waals surface area contributed by atoms with E-state index in [0.29, 0.717) is 31.5 Å². The number of sulfonamides is 1. The second-order valence-corrected chi connectivity index (χ2v) is 7.38. The molecule has 0 saturated carbocycles. The summed E-state index contributed by atoms with van der Waals surface area (Å²) in [6.45, 7) is 2.18. The highest BCUT2D eigenvalue weighted by Crippen LogP contribution is 2.34. The van der Waals surface area contributed by atoms with Gasteiger partial charge in [0, 0.05) is 25.2 Å². The maximum Gasteiger partial charge on any atom is 0.289 e. The summed E-state index contributed by atoms with van der Waals surface area (Å²) in [4.78, 5) is 10.1. The number of aryl methyl sites for hydroxylation is 1. The first-order valence-electron chi connectivity index (χ1n) is 6.43. The number of hydrogen-bond donors (Lipinski definition) is 1. The highest BCUT2D eigenvalue weighted by Gasteiger charge is 2.32. The van der Waals surface area contributed by atoms with Gasteiger partial charge in [-0.15, -0.1) is 0 Å². The Morgan fingerprint density at radius 2 is 1.95 bits per heavy atom. The largest absolute Gasteiger partial charge is 0.328 e. The van der Waals surface area contributed by atoms with E-state index in [9.17, 15) is 18.5 Å². The fourth-order valence-corrected chi connectivity index (χ4v) is 4.40. The van der Waals surface area contributed by atoms with E-state index in [-0.39, 0.29) is 16.0 Å². The van der Waals surface area contributed by atoms with Crippen LogP contribution in [0.25, 0.3) is 0 Å². The molecular weight excluding hydrogens is 318 g/mol. The van der Waals surface area contributed by atoms with E-state index in [1.165, 1.54) is 16.4 Å². The van der Waals surface area contributed by atoms with Crippen molar-refractivity contribution in [2.45, 2.75) is 30.7 Å². The van der Waals surface area contributed by atoms with Crippen molar-refractivity contribution in [1.82, 2.24) is 4.31 Å². The van der Waals surface area contributed by atoms with E-state index >= 15 is 0 Å². The summed E-state index contributed by atoms with van der Waals surface area (Å²) in [7, 11) is -3.85. The number of hydrogen-bond acceptors (Lipinski definition) is 5. The van der Waals surface area contributed by atoms with Crippen LogP contribution in [0.4, 0.5) is 5.69 Å². The molecule has 1 aliphatic rings. The van der Waals surface area contributed by atoms with Crippen LogP contribution in [-0.4, -0.2) is 36.8 Å². The highest BCUT2D eigenvalue weighted by atomic mass is 35.5. The van der Waals surface area contributed by atoms with Gasteiger partial charge in [-0.05, 0) is 31.4 Å². The lowest BCUT2D eigenvalue weighted by molar-refractivity contribution is -0.385. The molecule has 0 unspecified atom stereocenters. The van der Waals surface area contributed by atoms with Crippen molar-refractivity contribution in [3.63, 3.8) is 0 Å². The number of nitro benzene ring substituents is 1. The van der Waals surface area contributed by atoms with Gasteiger partial charge in [-0.3, -0.25) is 10.1 Å². The van der Waals surface area contributed by atoms with Gasteiger partial charge in [-0.1, -0.05) is 11.6 Å². The quantitative estimate of drug-likeness (QED) is 0.668. The van der Waals surface area contributed by atoms with Crippen molar-refractivity contribution in [3.8, 4) is 0 Å². The molecule has 1 aliphatic heterocycles. The Hall–Kier alpha value is -1.22. The van der Waals surface area contributed by atoms with E-state index in [0.717, 1.165) is 0 Å². The fourth-order valence-electron chi connectivity index (χ4n) is 2.29. The van der Waals surface area contributed by atoms with Gasteiger partial charge in [0.1, 0.15) is 9.92 Å². The van der Waals surface area contributed by atoms with Gasteiger partial charge in [0.05, 0.1) is 4.92 Å². The smallest absolute Gasteiger partial charge is 0.289 e. The molecule has 21 heavy (non-hydrogen) atoms. The summed E-state index contributed by atoms with van der Waals surface area (Å²) in [5, 5.41) is 10.6. The minimum absolute atomic E-state index is 0.0150. The van der Waals surface area contributed by atoms with Crippen molar-refractivity contribution < 1.29 is 13.3 Å². The van der Waals surface area contributed by atoms with Crippen molar-refractivity contribution >= 4 is 27.3 Å². The van der Waals surface area contributed by atoms with Gasteiger partial charge < -0.3 is 5.73 Å². The maximum absolute atomic E-state index is 12.6. The van der Waals surface area contributed by atoms with Gasteiger partial charge in [0.15, 0.2) is 0 Å². The van der Waals surface area contributed by atoms with Crippen LogP contribution in [0.1, 0.15) is 18.4 Å². The maximum atomic E-state index is 12.6. The van der Waals surface area contributed by atoms with Gasteiger partial charge in [-0.2, -0.15) is 4.31 Å². The molecular formula is C12H16ClN3O4S. The highest BCUT2D eigenvalue weighted by molar-refractivity contribution is 7.89. The van der Waals surface area contributed by atoms with Gasteiger partial charge in [-0.25, -0.2) is 8.42 Å². The van der Waals surface area contributed by atoms with Gasteiger partial charge >= 0.3 is 0 Å². The average Bonchev–Trinajstić information content (AvgIpc) is 2.41. The van der Waals surface area contributed by atoms with E-state index in [1.807, 2.05) is 0 Å². The second-order valence-electron chi connectivity index (χ2n) is 5.09. The number of halogens is 1. The lowest BCUT2D eigenvalue weighted by Crippen LogP contribution is -2.42. The Morgan fingerprint density at radius 3 is 2.48 bits per heavy atom. The van der Waals surface area contributed by atoms with Crippen LogP contribution in [0, 0.1) is 17.0 Å². The third kappa shape index (κ3) is 3.18. The topological polar surface area (TPSA) is 107 Å². The first-order chi connectivity index (χ1) is 9.73. The van der Waals surface area contributed by atoms with E-state index < -0.39 is 20.6 Å². The van der Waals surface area contributed by atoms with Crippen molar-refractivity contribution in [2.75, 3.05) is 13.1 Å². The Balaban J connectivity index is 2.47. The molecule has 0 radical (unpaired) electrons. The summed E-state index contributed by atoms with van der Waals surface area (Å²) >= 11 is 5.94. The van der Waals surface area contributed by atoms with Crippen LogP contribution in [0.15, 0.2) is 17.0 Å². The van der Waals surface area contributed by atoms with Gasteiger partial charge in [0.2, 0.25) is 10.0 Å². The number of nitrogens with two attached hydrogens (primary N) is 1. The molecule has 1 fully saturated rings. The Labute approximate surface area is 127 Å². The zero-order valence-electron chi connectivity index (χ0n) is 11.5. The lowest BCUT2D eigenvalue weighted by atomic mass is 10.1. The van der Waals surface area contributed by atoms with Crippen LogP contribution >= 0.6 is 11.6 Å². The first-order valence-corrected chi connectivity index (χ1v) is 8.25. The Kier molecular flexibility index (Phi) is 4.52. The number of nitro groups is 1. The number of piperidine rings is 1. The predicted octanol–water partition coefficient (Wildman–Crippen LogP) is 1.67. The third-order valence-corrected chi connectivity index (χ3v) is 5.91. The second kappa shape index (κ2) is 5.88. The number of nitrogens with zero attached hydrogens (tertiary/aromatic N) is 2. The summed E-state index contributed by atoms with van der Waals surface area (Å²) in [6, 6.07) is 2.60. The molecule has 0 bridgehead atoms. The molecule has 9 heteroatoms. The molecule has 2 rings (SSSR count). The Bertz CT molecular complexity index is 669. The molecule has 1 saturated heterocycles. The minimum Gasteiger partial charge on any atom is -0.328 e. The molecule has 0 aliphatic carbocycles. The SMILES string of the molecule is Cc1cc([N+](=O)[O-])c(Cl)c(S(=O)(=O)N2CCC(N)CC2)c1. The monoisotopic (exact) mass is 333 g/mol. The zero-order chi connectivity index (χ0) is 15.8. The Morgan fingerprint density at radius 1 is 1.38 bits per heavy atom. The number of rotatable bonds is 3. The molecule has 2 N–H and O–H groups in total. The zero-order valence-corrected chi connectivity index (χ0v) is 13.0. The summed E-state index contributed by atoms with van der Waals surface area (Å²) < 4.78 is 26.5. The van der Waals surface area contributed by atoms with Crippen LogP contribution in [0.5, 0.6) is 0 Å². The van der Waals surface area contributed by atoms with Crippen LogP contribution in [-0.2, 0) is 10.0 Å². The normalized spacial score (nSPS) is 17.9. The van der Waals surface area contributed by atoms with Crippen molar-refractivity contribution in [1.29, 1.82) is 0 Å². The molecule has 0 amide bonds. The van der Waals surface area contributed by atoms with E-state index in [4.69, 9.17) is 17.3 Å².